The molecule has 2 aromatic heterocycles. The first-order chi connectivity index (χ1) is 9.91. The van der Waals surface area contributed by atoms with Crippen molar-refractivity contribution < 1.29 is 13.2 Å². The summed E-state index contributed by atoms with van der Waals surface area (Å²) in [6.45, 7) is 1.98. The predicted molar refractivity (Wildman–Crippen MR) is 76.9 cm³/mol. The van der Waals surface area contributed by atoms with Crippen molar-refractivity contribution in [3.8, 4) is 0 Å². The fraction of sp³-hybridized carbons (Fsp3) is 0.143. The molecule has 0 saturated heterocycles. The number of alkyl halides is 3. The number of pyridine rings is 1. The minimum Gasteiger partial charge on any atom is -0.330 e. The number of halogens is 3. The van der Waals surface area contributed by atoms with Crippen LogP contribution < -0.4 is 5.32 Å². The number of aromatic nitrogens is 2. The van der Waals surface area contributed by atoms with Crippen LogP contribution in [-0.2, 0) is 6.18 Å². The minimum atomic E-state index is -4.42. The van der Waals surface area contributed by atoms with E-state index >= 15 is 0 Å². The van der Waals surface area contributed by atoms with E-state index in [1.165, 1.54) is 17.4 Å². The zero-order valence-electron chi connectivity index (χ0n) is 10.9. The highest BCUT2D eigenvalue weighted by Crippen LogP contribution is 2.30. The number of hydrogen-bond donors (Lipinski definition) is 1. The predicted octanol–water partition coefficient (Wildman–Crippen LogP) is 4.76. The number of nitrogens with zero attached hydrogens (tertiary/aromatic N) is 2. The van der Waals surface area contributed by atoms with Crippen LogP contribution >= 0.6 is 11.3 Å². The average molecular weight is 309 g/mol. The Hall–Kier alpha value is -2.15. The molecule has 0 aliphatic rings. The Balaban J connectivity index is 1.84. The smallest absolute Gasteiger partial charge is 0.330 e. The van der Waals surface area contributed by atoms with Crippen LogP contribution in [0.5, 0.6) is 0 Å². The van der Waals surface area contributed by atoms with Gasteiger partial charge >= 0.3 is 6.18 Å². The second kappa shape index (κ2) is 5.00. The summed E-state index contributed by atoms with van der Waals surface area (Å²) < 4.78 is 38.3. The minimum absolute atomic E-state index is 0.471. The molecule has 21 heavy (non-hydrogen) atoms. The lowest BCUT2D eigenvalue weighted by atomic mass is 10.2. The summed E-state index contributed by atoms with van der Waals surface area (Å²) >= 11 is 1.44. The largest absolute Gasteiger partial charge is 0.433 e. The van der Waals surface area contributed by atoms with E-state index in [0.29, 0.717) is 10.8 Å². The van der Waals surface area contributed by atoms with Gasteiger partial charge in [-0.1, -0.05) is 17.4 Å². The Morgan fingerprint density at radius 2 is 1.95 bits per heavy atom. The highest BCUT2D eigenvalue weighted by Gasteiger charge is 2.32. The molecule has 0 radical (unpaired) electrons. The highest BCUT2D eigenvalue weighted by molar-refractivity contribution is 7.22. The zero-order chi connectivity index (χ0) is 15.0. The molecule has 1 aromatic carbocycles. The molecule has 3 aromatic rings. The molecule has 0 fully saturated rings. The van der Waals surface area contributed by atoms with E-state index < -0.39 is 11.9 Å². The van der Waals surface area contributed by atoms with Gasteiger partial charge in [-0.2, -0.15) is 13.2 Å². The third-order valence-electron chi connectivity index (χ3n) is 2.85. The molecule has 0 aliphatic heterocycles. The maximum Gasteiger partial charge on any atom is 0.433 e. The van der Waals surface area contributed by atoms with Crippen LogP contribution in [0.25, 0.3) is 10.2 Å². The summed E-state index contributed by atoms with van der Waals surface area (Å²) in [4.78, 5) is 7.80. The van der Waals surface area contributed by atoms with Gasteiger partial charge in [-0.25, -0.2) is 9.97 Å². The van der Waals surface area contributed by atoms with Crippen LogP contribution in [0.3, 0.4) is 0 Å². The summed E-state index contributed by atoms with van der Waals surface area (Å²) in [6.07, 6.45) is -3.27. The average Bonchev–Trinajstić information content (AvgIpc) is 2.79. The van der Waals surface area contributed by atoms with Crippen molar-refractivity contribution in [2.75, 3.05) is 5.32 Å². The molecule has 108 valence electrons. The quantitative estimate of drug-likeness (QED) is 0.741. The number of anilines is 2. The number of thiazole rings is 1. The standard InChI is InChI=1S/C14H10F3N3S/c1-8-2-4-11-10(6-8)20-13(21-11)19-9-3-5-12(18-7-9)14(15,16)17/h2-7H,1H3,(H,19,20). The number of rotatable bonds is 2. The molecule has 3 nitrogen and oxygen atoms in total. The van der Waals surface area contributed by atoms with Crippen molar-refractivity contribution in [1.29, 1.82) is 0 Å². The highest BCUT2D eigenvalue weighted by atomic mass is 32.1. The fourth-order valence-corrected chi connectivity index (χ4v) is 2.72. The summed E-state index contributed by atoms with van der Waals surface area (Å²) in [5.74, 6) is 0. The Bertz CT molecular complexity index is 778. The van der Waals surface area contributed by atoms with Crippen molar-refractivity contribution >= 4 is 32.4 Å². The van der Waals surface area contributed by atoms with Gasteiger partial charge in [0.05, 0.1) is 22.1 Å². The van der Waals surface area contributed by atoms with E-state index in [4.69, 9.17) is 0 Å². The Morgan fingerprint density at radius 3 is 2.62 bits per heavy atom. The van der Waals surface area contributed by atoms with Gasteiger partial charge in [0.15, 0.2) is 5.13 Å². The molecule has 3 rings (SSSR count). The summed E-state index contributed by atoms with van der Waals surface area (Å²) in [5.41, 5.74) is 1.53. The van der Waals surface area contributed by atoms with E-state index in [-0.39, 0.29) is 0 Å². The van der Waals surface area contributed by atoms with Crippen molar-refractivity contribution in [3.63, 3.8) is 0 Å². The second-order valence-corrected chi connectivity index (χ2v) is 5.58. The molecule has 0 bridgehead atoms. The normalized spacial score (nSPS) is 11.8. The van der Waals surface area contributed by atoms with E-state index in [2.05, 4.69) is 15.3 Å². The van der Waals surface area contributed by atoms with Crippen LogP contribution in [0.4, 0.5) is 24.0 Å². The van der Waals surface area contributed by atoms with Gasteiger partial charge in [-0.05, 0) is 36.8 Å². The molecule has 0 amide bonds. The zero-order valence-corrected chi connectivity index (χ0v) is 11.7. The molecule has 0 saturated carbocycles. The van der Waals surface area contributed by atoms with Crippen LogP contribution in [0.15, 0.2) is 36.5 Å². The van der Waals surface area contributed by atoms with Gasteiger partial charge in [0.25, 0.3) is 0 Å². The molecule has 0 unspecified atom stereocenters. The van der Waals surface area contributed by atoms with Crippen molar-refractivity contribution in [1.82, 2.24) is 9.97 Å². The molecule has 0 atom stereocenters. The Kier molecular flexibility index (Phi) is 3.29. The Morgan fingerprint density at radius 1 is 1.14 bits per heavy atom. The van der Waals surface area contributed by atoms with Gasteiger partial charge in [0.2, 0.25) is 0 Å². The topological polar surface area (TPSA) is 37.8 Å². The number of fused-ring (bicyclic) bond motifs is 1. The number of aryl methyl sites for hydroxylation is 1. The third-order valence-corrected chi connectivity index (χ3v) is 3.80. The molecular weight excluding hydrogens is 299 g/mol. The summed E-state index contributed by atoms with van der Waals surface area (Å²) in [6, 6.07) is 8.21. The van der Waals surface area contributed by atoms with Crippen molar-refractivity contribution in [3.05, 3.63) is 47.8 Å². The first-order valence-electron chi connectivity index (χ1n) is 6.09. The second-order valence-electron chi connectivity index (χ2n) is 4.55. The van der Waals surface area contributed by atoms with Crippen molar-refractivity contribution in [2.45, 2.75) is 13.1 Å². The van der Waals surface area contributed by atoms with E-state index in [1.807, 2.05) is 25.1 Å². The van der Waals surface area contributed by atoms with Gasteiger partial charge in [-0.3, -0.25) is 0 Å². The van der Waals surface area contributed by atoms with Gasteiger partial charge in [0, 0.05) is 0 Å². The molecule has 7 heteroatoms. The third kappa shape index (κ3) is 2.97. The molecule has 2 heterocycles. The maximum atomic E-state index is 12.4. The lowest BCUT2D eigenvalue weighted by Crippen LogP contribution is -2.07. The lowest BCUT2D eigenvalue weighted by Gasteiger charge is -2.06. The first-order valence-corrected chi connectivity index (χ1v) is 6.91. The number of nitrogens with one attached hydrogen (secondary N) is 1. The lowest BCUT2D eigenvalue weighted by molar-refractivity contribution is -0.141. The molecule has 1 N–H and O–H groups in total. The SMILES string of the molecule is Cc1ccc2sc(Nc3ccc(C(F)(F)F)nc3)nc2c1. The van der Waals surface area contributed by atoms with Gasteiger partial charge < -0.3 is 5.32 Å². The van der Waals surface area contributed by atoms with Crippen LogP contribution in [0.2, 0.25) is 0 Å². The first kappa shape index (κ1) is 13.8. The van der Waals surface area contributed by atoms with Crippen LogP contribution in [-0.4, -0.2) is 9.97 Å². The van der Waals surface area contributed by atoms with Crippen LogP contribution in [0.1, 0.15) is 11.3 Å². The fourth-order valence-electron chi connectivity index (χ4n) is 1.85. The number of benzene rings is 1. The summed E-state index contributed by atoms with van der Waals surface area (Å²) in [7, 11) is 0. The monoisotopic (exact) mass is 309 g/mol. The summed E-state index contributed by atoms with van der Waals surface area (Å²) in [5, 5.41) is 3.59. The van der Waals surface area contributed by atoms with Crippen LogP contribution in [0, 0.1) is 6.92 Å². The Labute approximate surface area is 122 Å². The maximum absolute atomic E-state index is 12.4. The molecule has 0 aliphatic carbocycles. The van der Waals surface area contributed by atoms with E-state index in [0.717, 1.165) is 28.0 Å². The number of hydrogen-bond acceptors (Lipinski definition) is 4. The molecule has 0 spiro atoms. The molecular formula is C14H10F3N3S. The van der Waals surface area contributed by atoms with Crippen molar-refractivity contribution in [2.24, 2.45) is 0 Å². The van der Waals surface area contributed by atoms with Gasteiger partial charge in [0.1, 0.15) is 5.69 Å². The van der Waals surface area contributed by atoms with E-state index in [9.17, 15) is 13.2 Å². The van der Waals surface area contributed by atoms with Gasteiger partial charge in [-0.15, -0.1) is 0 Å². The van der Waals surface area contributed by atoms with E-state index in [1.54, 1.807) is 0 Å².